The fraction of sp³-hybridized carbons (Fsp3) is 0.130. The largest absolute Gasteiger partial charge is 0.363 e. The first-order valence-electron chi connectivity index (χ1n) is 9.25. The zero-order chi connectivity index (χ0) is 19.3. The Morgan fingerprint density at radius 1 is 0.857 bits per heavy atom. The van der Waals surface area contributed by atoms with Crippen LogP contribution in [0.1, 0.15) is 24.1 Å². The van der Waals surface area contributed by atoms with Gasteiger partial charge in [0.2, 0.25) is 5.95 Å². The number of fused-ring (bicyclic) bond motifs is 1. The number of rotatable bonds is 6. The van der Waals surface area contributed by atoms with Gasteiger partial charge in [-0.25, -0.2) is 4.98 Å². The van der Waals surface area contributed by atoms with E-state index in [0.29, 0.717) is 12.5 Å². The van der Waals surface area contributed by atoms with Crippen LogP contribution in [-0.2, 0) is 6.54 Å². The number of para-hydroxylation sites is 1. The molecule has 4 nitrogen and oxygen atoms in total. The molecule has 3 aromatic carbocycles. The van der Waals surface area contributed by atoms with Gasteiger partial charge in [0, 0.05) is 23.0 Å². The molecule has 5 heteroatoms. The molecule has 4 aromatic rings. The lowest BCUT2D eigenvalue weighted by atomic mass is 10.1. The van der Waals surface area contributed by atoms with Crippen LogP contribution < -0.4 is 10.6 Å². The van der Waals surface area contributed by atoms with Gasteiger partial charge in [-0.15, -0.1) is 0 Å². The highest BCUT2D eigenvalue weighted by Gasteiger charge is 2.11. The second kappa shape index (κ2) is 8.28. The van der Waals surface area contributed by atoms with Gasteiger partial charge in [-0.2, -0.15) is 4.98 Å². The minimum absolute atomic E-state index is 0.128. The summed E-state index contributed by atoms with van der Waals surface area (Å²) in [7, 11) is 0. The van der Waals surface area contributed by atoms with E-state index in [1.165, 1.54) is 5.56 Å². The number of hydrogen-bond donors (Lipinski definition) is 2. The van der Waals surface area contributed by atoms with Gasteiger partial charge >= 0.3 is 0 Å². The summed E-state index contributed by atoms with van der Waals surface area (Å²) in [4.78, 5) is 9.40. The highest BCUT2D eigenvalue weighted by Crippen LogP contribution is 2.26. The molecule has 0 aliphatic rings. The Balaban J connectivity index is 1.60. The van der Waals surface area contributed by atoms with Gasteiger partial charge in [-0.3, -0.25) is 0 Å². The standard InChI is InChI=1S/C23H21ClN4/c1-16(18-7-3-2-4-8-18)26-22-20-9-5-6-10-21(20)27-23(28-22)25-15-17-11-13-19(24)14-12-17/h2-14,16H,15H2,1H3,(H2,25,26,27,28). The summed E-state index contributed by atoms with van der Waals surface area (Å²) in [6.45, 7) is 2.76. The first-order valence-corrected chi connectivity index (χ1v) is 9.63. The Bertz CT molecular complexity index is 1060. The fourth-order valence-corrected chi connectivity index (χ4v) is 3.21. The van der Waals surface area contributed by atoms with Gasteiger partial charge in [0.1, 0.15) is 5.82 Å². The van der Waals surface area contributed by atoms with Gasteiger partial charge < -0.3 is 10.6 Å². The maximum absolute atomic E-state index is 5.96. The van der Waals surface area contributed by atoms with E-state index in [1.807, 2.05) is 66.7 Å². The van der Waals surface area contributed by atoms with Gasteiger partial charge in [-0.1, -0.05) is 66.2 Å². The summed E-state index contributed by atoms with van der Waals surface area (Å²) in [6.07, 6.45) is 0. The van der Waals surface area contributed by atoms with Crippen LogP contribution in [0.25, 0.3) is 10.9 Å². The molecule has 2 N–H and O–H groups in total. The fourth-order valence-electron chi connectivity index (χ4n) is 3.08. The maximum atomic E-state index is 5.96. The van der Waals surface area contributed by atoms with Crippen molar-refractivity contribution in [2.75, 3.05) is 10.6 Å². The number of hydrogen-bond acceptors (Lipinski definition) is 4. The minimum Gasteiger partial charge on any atom is -0.363 e. The number of benzene rings is 3. The molecule has 1 aromatic heterocycles. The van der Waals surface area contributed by atoms with Crippen molar-refractivity contribution in [1.29, 1.82) is 0 Å². The van der Waals surface area contributed by atoms with E-state index in [-0.39, 0.29) is 6.04 Å². The summed E-state index contributed by atoms with van der Waals surface area (Å²) in [5.74, 6) is 1.41. The highest BCUT2D eigenvalue weighted by atomic mass is 35.5. The molecule has 1 unspecified atom stereocenters. The Morgan fingerprint density at radius 3 is 2.36 bits per heavy atom. The molecular formula is C23H21ClN4. The topological polar surface area (TPSA) is 49.8 Å². The van der Waals surface area contributed by atoms with Crippen LogP contribution in [0, 0.1) is 0 Å². The Morgan fingerprint density at radius 2 is 1.57 bits per heavy atom. The van der Waals surface area contributed by atoms with Crippen LogP contribution in [0.5, 0.6) is 0 Å². The van der Waals surface area contributed by atoms with E-state index >= 15 is 0 Å². The number of nitrogens with zero attached hydrogens (tertiary/aromatic N) is 2. The van der Waals surface area contributed by atoms with E-state index in [4.69, 9.17) is 16.6 Å². The van der Waals surface area contributed by atoms with Gasteiger partial charge in [0.15, 0.2) is 0 Å². The third-order valence-corrected chi connectivity index (χ3v) is 4.87. The van der Waals surface area contributed by atoms with Crippen molar-refractivity contribution in [3.05, 3.63) is 95.0 Å². The van der Waals surface area contributed by atoms with Gasteiger partial charge in [0.25, 0.3) is 0 Å². The molecular weight excluding hydrogens is 368 g/mol. The van der Waals surface area contributed by atoms with Crippen LogP contribution in [0.4, 0.5) is 11.8 Å². The molecule has 0 spiro atoms. The number of halogens is 1. The van der Waals surface area contributed by atoms with Crippen molar-refractivity contribution in [3.63, 3.8) is 0 Å². The lowest BCUT2D eigenvalue weighted by molar-refractivity contribution is 0.875. The Hall–Kier alpha value is -3.11. The number of nitrogens with one attached hydrogen (secondary N) is 2. The predicted octanol–water partition coefficient (Wildman–Crippen LogP) is 6.07. The van der Waals surface area contributed by atoms with Gasteiger partial charge in [-0.05, 0) is 42.3 Å². The molecule has 1 heterocycles. The summed E-state index contributed by atoms with van der Waals surface area (Å²) < 4.78 is 0. The lowest BCUT2D eigenvalue weighted by Crippen LogP contribution is -2.11. The molecule has 140 valence electrons. The third-order valence-electron chi connectivity index (χ3n) is 4.62. The quantitative estimate of drug-likeness (QED) is 0.421. The SMILES string of the molecule is CC(Nc1nc(NCc2ccc(Cl)cc2)nc2ccccc12)c1ccccc1. The van der Waals surface area contributed by atoms with Crippen LogP contribution in [-0.4, -0.2) is 9.97 Å². The van der Waals surface area contributed by atoms with E-state index in [1.54, 1.807) is 0 Å². The predicted molar refractivity (Wildman–Crippen MR) is 117 cm³/mol. The first kappa shape index (κ1) is 18.3. The van der Waals surface area contributed by atoms with Crippen LogP contribution in [0.3, 0.4) is 0 Å². The average molecular weight is 389 g/mol. The zero-order valence-electron chi connectivity index (χ0n) is 15.6. The third kappa shape index (κ3) is 4.24. The highest BCUT2D eigenvalue weighted by molar-refractivity contribution is 6.30. The minimum atomic E-state index is 0.128. The van der Waals surface area contributed by atoms with E-state index < -0.39 is 0 Å². The molecule has 4 rings (SSSR count). The first-order chi connectivity index (χ1) is 13.7. The molecule has 0 fully saturated rings. The summed E-state index contributed by atoms with van der Waals surface area (Å²) >= 11 is 5.96. The molecule has 0 aliphatic heterocycles. The normalized spacial score (nSPS) is 11.9. The van der Waals surface area contributed by atoms with Crippen molar-refractivity contribution in [2.24, 2.45) is 0 Å². The van der Waals surface area contributed by atoms with Crippen molar-refractivity contribution in [1.82, 2.24) is 9.97 Å². The van der Waals surface area contributed by atoms with Crippen LogP contribution >= 0.6 is 11.6 Å². The van der Waals surface area contributed by atoms with Gasteiger partial charge in [0.05, 0.1) is 5.52 Å². The second-order valence-electron chi connectivity index (χ2n) is 6.67. The van der Waals surface area contributed by atoms with Crippen molar-refractivity contribution in [3.8, 4) is 0 Å². The summed E-state index contributed by atoms with van der Waals surface area (Å²) in [5, 5.41) is 8.59. The maximum Gasteiger partial charge on any atom is 0.225 e. The average Bonchev–Trinajstić information content (AvgIpc) is 2.74. The molecule has 0 saturated carbocycles. The molecule has 0 saturated heterocycles. The zero-order valence-corrected chi connectivity index (χ0v) is 16.3. The number of anilines is 2. The molecule has 0 aliphatic carbocycles. The molecule has 28 heavy (non-hydrogen) atoms. The monoisotopic (exact) mass is 388 g/mol. The molecule has 0 bridgehead atoms. The van der Waals surface area contributed by atoms with Crippen molar-refractivity contribution >= 4 is 34.3 Å². The van der Waals surface area contributed by atoms with Crippen LogP contribution in [0.2, 0.25) is 5.02 Å². The summed E-state index contributed by atoms with van der Waals surface area (Å²) in [5.41, 5.74) is 3.23. The second-order valence-corrected chi connectivity index (χ2v) is 7.11. The van der Waals surface area contributed by atoms with E-state index in [2.05, 4.69) is 34.7 Å². The van der Waals surface area contributed by atoms with Crippen molar-refractivity contribution < 1.29 is 0 Å². The van der Waals surface area contributed by atoms with Crippen molar-refractivity contribution in [2.45, 2.75) is 19.5 Å². The Kier molecular flexibility index (Phi) is 5.40. The molecule has 1 atom stereocenters. The lowest BCUT2D eigenvalue weighted by Gasteiger charge is -2.17. The Labute approximate surface area is 169 Å². The summed E-state index contributed by atoms with van der Waals surface area (Å²) in [6, 6.07) is 26.3. The smallest absolute Gasteiger partial charge is 0.225 e. The molecule has 0 radical (unpaired) electrons. The van der Waals surface area contributed by atoms with Crippen LogP contribution in [0.15, 0.2) is 78.9 Å². The van der Waals surface area contributed by atoms with E-state index in [0.717, 1.165) is 27.3 Å². The molecule has 0 amide bonds. The number of aromatic nitrogens is 2. The van der Waals surface area contributed by atoms with E-state index in [9.17, 15) is 0 Å².